The highest BCUT2D eigenvalue weighted by molar-refractivity contribution is 5.96. The lowest BCUT2D eigenvalue weighted by Crippen LogP contribution is -2.33. The van der Waals surface area contributed by atoms with Crippen LogP contribution in [0.5, 0.6) is 0 Å². The molecule has 1 amide bonds. The molecule has 0 saturated carbocycles. The smallest absolute Gasteiger partial charge is 0.252 e. The molecule has 0 aliphatic heterocycles. The molecule has 0 bridgehead atoms. The van der Waals surface area contributed by atoms with Crippen LogP contribution in [0.15, 0.2) is 36.5 Å². The highest BCUT2D eigenvalue weighted by Crippen LogP contribution is 2.23. The monoisotopic (exact) mass is 369 g/mol. The molecule has 132 valence electrons. The molecular weight excluding hydrogens is 345 g/mol. The largest absolute Gasteiger partial charge is 0.399 e. The standard InChI is InChI=1S/C18H23N3O.2ClH/c1-11(2)16(17-13(4)6-5-9-20-17)21-18(22)15-10-14(19)8-7-12(15)3;;/h5-11,16H,19H2,1-4H3,(H,21,22);2*1H. The van der Waals surface area contributed by atoms with Crippen LogP contribution >= 0.6 is 24.8 Å². The summed E-state index contributed by atoms with van der Waals surface area (Å²) in [5.74, 6) is 0.118. The van der Waals surface area contributed by atoms with Gasteiger partial charge in [0.2, 0.25) is 0 Å². The lowest BCUT2D eigenvalue weighted by atomic mass is 9.96. The van der Waals surface area contributed by atoms with Gasteiger partial charge in [0.15, 0.2) is 0 Å². The third kappa shape index (κ3) is 5.11. The Morgan fingerprint density at radius 1 is 1.12 bits per heavy atom. The van der Waals surface area contributed by atoms with Crippen molar-refractivity contribution in [3.63, 3.8) is 0 Å². The van der Waals surface area contributed by atoms with E-state index in [0.29, 0.717) is 11.3 Å². The van der Waals surface area contributed by atoms with Gasteiger partial charge in [0.1, 0.15) is 0 Å². The number of benzene rings is 1. The first-order valence-electron chi connectivity index (χ1n) is 7.48. The normalized spacial score (nSPS) is 11.2. The van der Waals surface area contributed by atoms with E-state index in [0.717, 1.165) is 16.8 Å². The molecule has 0 aliphatic rings. The van der Waals surface area contributed by atoms with Gasteiger partial charge in [-0.05, 0) is 49.1 Å². The second-order valence-electron chi connectivity index (χ2n) is 5.98. The Kier molecular flexibility index (Phi) is 8.80. The van der Waals surface area contributed by atoms with Crippen LogP contribution < -0.4 is 11.1 Å². The lowest BCUT2D eigenvalue weighted by molar-refractivity contribution is 0.0923. The molecule has 1 aromatic heterocycles. The van der Waals surface area contributed by atoms with Crippen molar-refractivity contribution in [1.82, 2.24) is 10.3 Å². The second kappa shape index (κ2) is 9.50. The summed E-state index contributed by atoms with van der Waals surface area (Å²) >= 11 is 0. The number of aryl methyl sites for hydroxylation is 2. The lowest BCUT2D eigenvalue weighted by Gasteiger charge is -2.24. The highest BCUT2D eigenvalue weighted by atomic mass is 35.5. The molecule has 1 aromatic carbocycles. The third-order valence-corrected chi connectivity index (χ3v) is 3.80. The van der Waals surface area contributed by atoms with E-state index in [4.69, 9.17) is 5.73 Å². The van der Waals surface area contributed by atoms with Gasteiger partial charge in [-0.3, -0.25) is 9.78 Å². The van der Waals surface area contributed by atoms with Crippen LogP contribution in [0.25, 0.3) is 0 Å². The SMILES string of the molecule is Cc1ccc(N)cc1C(=O)NC(c1ncccc1C)C(C)C.Cl.Cl. The molecule has 0 saturated heterocycles. The number of halogens is 2. The summed E-state index contributed by atoms with van der Waals surface area (Å²) in [6.07, 6.45) is 1.76. The molecule has 24 heavy (non-hydrogen) atoms. The van der Waals surface area contributed by atoms with Crippen LogP contribution in [0.1, 0.15) is 47.1 Å². The number of nitrogens with two attached hydrogens (primary N) is 1. The minimum atomic E-state index is -0.130. The number of nitrogens with zero attached hydrogens (tertiary/aromatic N) is 1. The Bertz CT molecular complexity index is 690. The molecule has 3 N–H and O–H groups in total. The predicted octanol–water partition coefficient (Wildman–Crippen LogP) is 4.25. The zero-order chi connectivity index (χ0) is 16.3. The average molecular weight is 370 g/mol. The molecule has 0 aliphatic carbocycles. The molecule has 0 radical (unpaired) electrons. The van der Waals surface area contributed by atoms with Gasteiger partial charge in [-0.15, -0.1) is 24.8 Å². The number of carbonyl (C=O) groups excluding carboxylic acids is 1. The van der Waals surface area contributed by atoms with Crippen LogP contribution in [-0.4, -0.2) is 10.9 Å². The molecule has 2 aromatic rings. The van der Waals surface area contributed by atoms with Crippen molar-refractivity contribution in [3.05, 3.63) is 58.9 Å². The summed E-state index contributed by atoms with van der Waals surface area (Å²) in [7, 11) is 0. The molecule has 1 atom stereocenters. The number of rotatable bonds is 4. The minimum Gasteiger partial charge on any atom is -0.399 e. The minimum absolute atomic E-state index is 0. The second-order valence-corrected chi connectivity index (χ2v) is 5.98. The van der Waals surface area contributed by atoms with E-state index < -0.39 is 0 Å². The fraction of sp³-hybridized carbons (Fsp3) is 0.333. The van der Waals surface area contributed by atoms with Crippen molar-refractivity contribution < 1.29 is 4.79 Å². The maximum Gasteiger partial charge on any atom is 0.252 e. The molecule has 0 spiro atoms. The number of anilines is 1. The van der Waals surface area contributed by atoms with E-state index in [1.807, 2.05) is 32.0 Å². The molecule has 0 fully saturated rings. The molecule has 1 unspecified atom stereocenters. The summed E-state index contributed by atoms with van der Waals surface area (Å²) in [6.45, 7) is 8.07. The number of aromatic nitrogens is 1. The van der Waals surface area contributed by atoms with E-state index in [9.17, 15) is 4.79 Å². The highest BCUT2D eigenvalue weighted by Gasteiger charge is 2.22. The number of hydrogen-bond donors (Lipinski definition) is 2. The quantitative estimate of drug-likeness (QED) is 0.791. The zero-order valence-corrected chi connectivity index (χ0v) is 16.0. The summed E-state index contributed by atoms with van der Waals surface area (Å²) in [5.41, 5.74) is 9.89. The number of hydrogen-bond acceptors (Lipinski definition) is 3. The van der Waals surface area contributed by atoms with Gasteiger partial charge < -0.3 is 11.1 Å². The van der Waals surface area contributed by atoms with Gasteiger partial charge in [0.25, 0.3) is 5.91 Å². The van der Waals surface area contributed by atoms with Crippen molar-refractivity contribution in [2.75, 3.05) is 5.73 Å². The van der Waals surface area contributed by atoms with Gasteiger partial charge in [-0.25, -0.2) is 0 Å². The van der Waals surface area contributed by atoms with Gasteiger partial charge in [-0.1, -0.05) is 26.0 Å². The average Bonchev–Trinajstić information content (AvgIpc) is 2.47. The van der Waals surface area contributed by atoms with Crippen molar-refractivity contribution >= 4 is 36.4 Å². The van der Waals surface area contributed by atoms with E-state index in [1.165, 1.54) is 0 Å². The third-order valence-electron chi connectivity index (χ3n) is 3.80. The number of pyridine rings is 1. The Morgan fingerprint density at radius 3 is 2.38 bits per heavy atom. The summed E-state index contributed by atoms with van der Waals surface area (Å²) in [6, 6.07) is 9.16. The Morgan fingerprint density at radius 2 is 1.79 bits per heavy atom. The van der Waals surface area contributed by atoms with Crippen molar-refractivity contribution in [1.29, 1.82) is 0 Å². The first-order chi connectivity index (χ1) is 10.4. The number of amides is 1. The van der Waals surface area contributed by atoms with E-state index in [2.05, 4.69) is 24.1 Å². The number of nitrogen functional groups attached to an aromatic ring is 1. The first kappa shape index (κ1) is 22.2. The van der Waals surface area contributed by atoms with Crippen LogP contribution in [0.3, 0.4) is 0 Å². The van der Waals surface area contributed by atoms with Gasteiger partial charge in [-0.2, -0.15) is 0 Å². The van der Waals surface area contributed by atoms with Gasteiger partial charge in [0.05, 0.1) is 11.7 Å². The molecule has 2 rings (SSSR count). The molecule has 1 heterocycles. The van der Waals surface area contributed by atoms with E-state index >= 15 is 0 Å². The van der Waals surface area contributed by atoms with Crippen LogP contribution in [-0.2, 0) is 0 Å². The number of carbonyl (C=O) groups is 1. The Labute approximate surface area is 156 Å². The molecule has 4 nitrogen and oxygen atoms in total. The fourth-order valence-corrected chi connectivity index (χ4v) is 2.48. The maximum absolute atomic E-state index is 12.6. The van der Waals surface area contributed by atoms with Gasteiger partial charge >= 0.3 is 0 Å². The van der Waals surface area contributed by atoms with Crippen molar-refractivity contribution in [3.8, 4) is 0 Å². The van der Waals surface area contributed by atoms with E-state index in [1.54, 1.807) is 18.3 Å². The van der Waals surface area contributed by atoms with Crippen molar-refractivity contribution in [2.24, 2.45) is 5.92 Å². The fourth-order valence-electron chi connectivity index (χ4n) is 2.48. The first-order valence-corrected chi connectivity index (χ1v) is 7.48. The topological polar surface area (TPSA) is 68.0 Å². The Balaban J connectivity index is 0.00000264. The summed E-state index contributed by atoms with van der Waals surface area (Å²) < 4.78 is 0. The van der Waals surface area contributed by atoms with Gasteiger partial charge in [0, 0.05) is 17.4 Å². The van der Waals surface area contributed by atoms with Crippen LogP contribution in [0, 0.1) is 19.8 Å². The van der Waals surface area contributed by atoms with Crippen molar-refractivity contribution in [2.45, 2.75) is 33.7 Å². The maximum atomic E-state index is 12.6. The molecule has 6 heteroatoms. The summed E-state index contributed by atoms with van der Waals surface area (Å²) in [5, 5.41) is 3.10. The Hall–Kier alpha value is -1.78. The summed E-state index contributed by atoms with van der Waals surface area (Å²) in [4.78, 5) is 17.1. The number of nitrogens with one attached hydrogen (secondary N) is 1. The predicted molar refractivity (Wildman–Crippen MR) is 104 cm³/mol. The molecular formula is C18H25Cl2N3O. The van der Waals surface area contributed by atoms with Crippen LogP contribution in [0.4, 0.5) is 5.69 Å². The zero-order valence-electron chi connectivity index (χ0n) is 14.4. The van der Waals surface area contributed by atoms with E-state index in [-0.39, 0.29) is 42.7 Å². The van der Waals surface area contributed by atoms with Crippen LogP contribution in [0.2, 0.25) is 0 Å².